The summed E-state index contributed by atoms with van der Waals surface area (Å²) in [4.78, 5) is 12.1. The van der Waals surface area contributed by atoms with Crippen LogP contribution in [0.25, 0.3) is 0 Å². The van der Waals surface area contributed by atoms with Gasteiger partial charge in [0.1, 0.15) is 5.75 Å². The van der Waals surface area contributed by atoms with Crippen LogP contribution in [0.4, 0.5) is 0 Å². The van der Waals surface area contributed by atoms with Crippen molar-refractivity contribution in [2.75, 3.05) is 13.2 Å². The van der Waals surface area contributed by atoms with Crippen LogP contribution in [0.15, 0.2) is 24.3 Å². The number of carbonyl (C=O) groups is 1. The Morgan fingerprint density at radius 1 is 1.18 bits per heavy atom. The van der Waals surface area contributed by atoms with Crippen LogP contribution in [-0.4, -0.2) is 29.3 Å². The average Bonchev–Trinajstić information content (AvgIpc) is 2.53. The molecule has 1 saturated carbocycles. The van der Waals surface area contributed by atoms with Crippen LogP contribution in [0, 0.1) is 5.41 Å². The summed E-state index contributed by atoms with van der Waals surface area (Å²) < 4.78 is 0. The molecular weight excluding hydrogens is 278 g/mol. The van der Waals surface area contributed by atoms with Crippen molar-refractivity contribution in [2.45, 2.75) is 51.4 Å². The minimum atomic E-state index is 0.0196. The molecule has 1 fully saturated rings. The third-order valence-electron chi connectivity index (χ3n) is 4.83. The smallest absolute Gasteiger partial charge is 0.220 e. The molecule has 2 rings (SSSR count). The molecule has 22 heavy (non-hydrogen) atoms. The van der Waals surface area contributed by atoms with Crippen LogP contribution >= 0.6 is 0 Å². The van der Waals surface area contributed by atoms with Gasteiger partial charge in [0.05, 0.1) is 0 Å². The summed E-state index contributed by atoms with van der Waals surface area (Å²) in [6.45, 7) is 0.848. The fourth-order valence-electron chi connectivity index (χ4n) is 3.40. The summed E-state index contributed by atoms with van der Waals surface area (Å²) in [5.74, 6) is 0.269. The van der Waals surface area contributed by atoms with Crippen LogP contribution in [-0.2, 0) is 11.2 Å². The number of rotatable bonds is 7. The summed E-state index contributed by atoms with van der Waals surface area (Å²) in [7, 11) is 0. The fourth-order valence-corrected chi connectivity index (χ4v) is 3.40. The van der Waals surface area contributed by atoms with Gasteiger partial charge in [0, 0.05) is 19.6 Å². The summed E-state index contributed by atoms with van der Waals surface area (Å²) in [5, 5.41) is 22.0. The maximum absolute atomic E-state index is 12.1. The largest absolute Gasteiger partial charge is 0.508 e. The number of aromatic hydroxyl groups is 1. The Kier molecular flexibility index (Phi) is 6.25. The number of para-hydroxylation sites is 1. The summed E-state index contributed by atoms with van der Waals surface area (Å²) in [6.07, 6.45) is 7.52. The lowest BCUT2D eigenvalue weighted by Gasteiger charge is -2.37. The molecule has 1 aromatic carbocycles. The average molecular weight is 305 g/mol. The number of phenols is 1. The maximum atomic E-state index is 12.1. The van der Waals surface area contributed by atoms with Gasteiger partial charge in [0.25, 0.3) is 0 Å². The molecular formula is C18H27NO3. The fraction of sp³-hybridized carbons (Fsp3) is 0.611. The van der Waals surface area contributed by atoms with E-state index in [0.29, 0.717) is 19.4 Å². The van der Waals surface area contributed by atoms with E-state index in [0.717, 1.165) is 24.8 Å². The van der Waals surface area contributed by atoms with Crippen molar-refractivity contribution in [1.82, 2.24) is 5.32 Å². The first-order chi connectivity index (χ1) is 10.7. The number of amides is 1. The molecule has 0 spiro atoms. The lowest BCUT2D eigenvalue weighted by molar-refractivity contribution is -0.121. The van der Waals surface area contributed by atoms with Gasteiger partial charge >= 0.3 is 0 Å². The Hall–Kier alpha value is -1.55. The Labute approximate surface area is 132 Å². The van der Waals surface area contributed by atoms with Gasteiger partial charge in [0.15, 0.2) is 0 Å². The topological polar surface area (TPSA) is 69.6 Å². The van der Waals surface area contributed by atoms with Crippen molar-refractivity contribution < 1.29 is 15.0 Å². The quantitative estimate of drug-likeness (QED) is 0.725. The van der Waals surface area contributed by atoms with Gasteiger partial charge < -0.3 is 15.5 Å². The number of hydrogen-bond donors (Lipinski definition) is 3. The molecule has 0 radical (unpaired) electrons. The first-order valence-electron chi connectivity index (χ1n) is 8.30. The highest BCUT2D eigenvalue weighted by Crippen LogP contribution is 2.38. The lowest BCUT2D eigenvalue weighted by atomic mass is 9.72. The van der Waals surface area contributed by atoms with E-state index in [1.54, 1.807) is 12.1 Å². The molecule has 0 unspecified atom stereocenters. The molecule has 0 bridgehead atoms. The standard InChI is InChI=1S/C18H27NO3/c20-13-12-18(10-4-1-5-11-18)14-19-17(22)9-8-15-6-2-3-7-16(15)21/h2-3,6-7,20-21H,1,4-5,8-14H2,(H,19,22). The molecule has 0 heterocycles. The Balaban J connectivity index is 1.80. The number of aryl methyl sites for hydroxylation is 1. The van der Waals surface area contributed by atoms with Crippen LogP contribution in [0.5, 0.6) is 5.75 Å². The third kappa shape index (κ3) is 4.73. The van der Waals surface area contributed by atoms with Gasteiger partial charge in [-0.1, -0.05) is 37.5 Å². The van der Waals surface area contributed by atoms with E-state index in [-0.39, 0.29) is 23.7 Å². The number of nitrogens with one attached hydrogen (secondary N) is 1. The molecule has 0 aromatic heterocycles. The van der Waals surface area contributed by atoms with Gasteiger partial charge in [0.2, 0.25) is 5.91 Å². The summed E-state index contributed by atoms with van der Waals surface area (Å²) >= 11 is 0. The number of benzene rings is 1. The SMILES string of the molecule is O=C(CCc1ccccc1O)NCC1(CCO)CCCCC1. The van der Waals surface area contributed by atoms with E-state index >= 15 is 0 Å². The number of carbonyl (C=O) groups excluding carboxylic acids is 1. The minimum absolute atomic E-state index is 0.0196. The number of aliphatic hydroxyl groups is 1. The van der Waals surface area contributed by atoms with Crippen LogP contribution < -0.4 is 5.32 Å². The van der Waals surface area contributed by atoms with E-state index < -0.39 is 0 Å². The van der Waals surface area contributed by atoms with Crippen molar-refractivity contribution in [3.63, 3.8) is 0 Å². The molecule has 1 aliphatic rings. The summed E-state index contributed by atoms with van der Waals surface area (Å²) in [5.41, 5.74) is 0.887. The van der Waals surface area contributed by atoms with Gasteiger partial charge in [-0.15, -0.1) is 0 Å². The number of phenolic OH excluding ortho intramolecular Hbond substituents is 1. The zero-order chi connectivity index (χ0) is 15.8. The Morgan fingerprint density at radius 2 is 1.91 bits per heavy atom. The number of hydrogen-bond acceptors (Lipinski definition) is 3. The van der Waals surface area contributed by atoms with Gasteiger partial charge in [-0.05, 0) is 42.7 Å². The van der Waals surface area contributed by atoms with Crippen molar-refractivity contribution in [2.24, 2.45) is 5.41 Å². The molecule has 1 amide bonds. The monoisotopic (exact) mass is 305 g/mol. The zero-order valence-electron chi connectivity index (χ0n) is 13.2. The van der Waals surface area contributed by atoms with E-state index in [2.05, 4.69) is 5.32 Å². The van der Waals surface area contributed by atoms with Crippen LogP contribution in [0.2, 0.25) is 0 Å². The number of aliphatic hydroxyl groups excluding tert-OH is 1. The van der Waals surface area contributed by atoms with Gasteiger partial charge in [-0.2, -0.15) is 0 Å². The van der Waals surface area contributed by atoms with Crippen molar-refractivity contribution in [3.05, 3.63) is 29.8 Å². The highest BCUT2D eigenvalue weighted by atomic mass is 16.3. The molecule has 0 atom stereocenters. The Bertz CT molecular complexity index is 475. The maximum Gasteiger partial charge on any atom is 0.220 e. The Morgan fingerprint density at radius 3 is 2.59 bits per heavy atom. The molecule has 4 nitrogen and oxygen atoms in total. The third-order valence-corrected chi connectivity index (χ3v) is 4.83. The second-order valence-electron chi connectivity index (χ2n) is 6.44. The molecule has 1 aromatic rings. The molecule has 0 aliphatic heterocycles. The highest BCUT2D eigenvalue weighted by molar-refractivity contribution is 5.76. The predicted molar refractivity (Wildman–Crippen MR) is 86.7 cm³/mol. The predicted octanol–water partition coefficient (Wildman–Crippen LogP) is 2.77. The second-order valence-corrected chi connectivity index (χ2v) is 6.44. The van der Waals surface area contributed by atoms with Crippen LogP contribution in [0.3, 0.4) is 0 Å². The van der Waals surface area contributed by atoms with Crippen molar-refractivity contribution in [3.8, 4) is 5.75 Å². The molecule has 1 aliphatic carbocycles. The zero-order valence-corrected chi connectivity index (χ0v) is 13.2. The highest BCUT2D eigenvalue weighted by Gasteiger charge is 2.31. The van der Waals surface area contributed by atoms with Gasteiger partial charge in [-0.25, -0.2) is 0 Å². The van der Waals surface area contributed by atoms with Crippen molar-refractivity contribution in [1.29, 1.82) is 0 Å². The van der Waals surface area contributed by atoms with E-state index in [4.69, 9.17) is 0 Å². The normalized spacial score (nSPS) is 17.1. The molecule has 122 valence electrons. The van der Waals surface area contributed by atoms with Crippen molar-refractivity contribution >= 4 is 5.91 Å². The second kappa shape index (κ2) is 8.18. The van der Waals surface area contributed by atoms with E-state index in [1.165, 1.54) is 19.3 Å². The summed E-state index contributed by atoms with van der Waals surface area (Å²) in [6, 6.07) is 7.13. The van der Waals surface area contributed by atoms with E-state index in [9.17, 15) is 15.0 Å². The first kappa shape index (κ1) is 16.8. The molecule has 3 N–H and O–H groups in total. The molecule has 0 saturated heterocycles. The van der Waals surface area contributed by atoms with Crippen LogP contribution in [0.1, 0.15) is 50.5 Å². The lowest BCUT2D eigenvalue weighted by Crippen LogP contribution is -2.39. The molecule has 4 heteroatoms. The van der Waals surface area contributed by atoms with E-state index in [1.807, 2.05) is 12.1 Å². The minimum Gasteiger partial charge on any atom is -0.508 e. The first-order valence-corrected chi connectivity index (χ1v) is 8.30. The van der Waals surface area contributed by atoms with Gasteiger partial charge in [-0.3, -0.25) is 4.79 Å².